The van der Waals surface area contributed by atoms with Crippen LogP contribution in [0.25, 0.3) is 0 Å². The number of nitrogens with zero attached hydrogens (tertiary/aromatic N) is 1. The fourth-order valence-corrected chi connectivity index (χ4v) is 3.11. The second-order valence-electron chi connectivity index (χ2n) is 6.27. The number of fused-ring (bicyclic) bond motifs is 1. The maximum atomic E-state index is 6.11. The molecule has 5 nitrogen and oxygen atoms in total. The lowest BCUT2D eigenvalue weighted by molar-refractivity contribution is -0.234. The molecule has 0 amide bonds. The quantitative estimate of drug-likeness (QED) is 0.451. The first kappa shape index (κ1) is 19.7. The molecule has 0 saturated carbocycles. The van der Waals surface area contributed by atoms with Crippen molar-refractivity contribution in [2.24, 2.45) is 10.7 Å². The summed E-state index contributed by atoms with van der Waals surface area (Å²) < 4.78 is 17.4. The van der Waals surface area contributed by atoms with E-state index in [1.54, 1.807) is 0 Å². The highest BCUT2D eigenvalue weighted by molar-refractivity contribution is 6.01. The molecule has 0 bridgehead atoms. The largest absolute Gasteiger partial charge is 0.494 e. The minimum Gasteiger partial charge on any atom is -0.494 e. The van der Waals surface area contributed by atoms with Crippen molar-refractivity contribution < 1.29 is 14.2 Å². The second-order valence-corrected chi connectivity index (χ2v) is 6.27. The second kappa shape index (κ2) is 9.78. The highest BCUT2D eigenvalue weighted by atomic mass is 16.7. The van der Waals surface area contributed by atoms with Gasteiger partial charge in [-0.2, -0.15) is 0 Å². The molecule has 1 aromatic carbocycles. The zero-order valence-electron chi connectivity index (χ0n) is 15.8. The summed E-state index contributed by atoms with van der Waals surface area (Å²) in [5, 5.41) is 0. The Morgan fingerprint density at radius 3 is 2.32 bits per heavy atom. The van der Waals surface area contributed by atoms with Gasteiger partial charge in [-0.15, -0.1) is 0 Å². The first-order chi connectivity index (χ1) is 12.2. The van der Waals surface area contributed by atoms with Gasteiger partial charge < -0.3 is 19.9 Å². The van der Waals surface area contributed by atoms with Crippen molar-refractivity contribution in [3.63, 3.8) is 0 Å². The van der Waals surface area contributed by atoms with Crippen LogP contribution < -0.4 is 10.5 Å². The van der Waals surface area contributed by atoms with Crippen LogP contribution in [0.15, 0.2) is 23.2 Å². The van der Waals surface area contributed by atoms with Crippen LogP contribution in [0.2, 0.25) is 0 Å². The van der Waals surface area contributed by atoms with Crippen LogP contribution in [-0.2, 0) is 15.4 Å². The normalized spacial score (nSPS) is 15.1. The van der Waals surface area contributed by atoms with Crippen molar-refractivity contribution in [1.29, 1.82) is 0 Å². The predicted molar refractivity (Wildman–Crippen MR) is 101 cm³/mol. The molecule has 0 saturated heterocycles. The van der Waals surface area contributed by atoms with Crippen molar-refractivity contribution in [3.05, 3.63) is 29.3 Å². The van der Waals surface area contributed by atoms with E-state index in [4.69, 9.17) is 19.9 Å². The minimum absolute atomic E-state index is 0.432. The zero-order chi connectivity index (χ0) is 18.1. The highest BCUT2D eigenvalue weighted by Gasteiger charge is 2.41. The molecule has 0 spiro atoms. The fraction of sp³-hybridized carbons (Fsp3) is 0.650. The summed E-state index contributed by atoms with van der Waals surface area (Å²) >= 11 is 0. The van der Waals surface area contributed by atoms with Crippen molar-refractivity contribution >= 4 is 5.84 Å². The SMILES string of the molecule is CCCCCCCCOc1ccc2c(c1)C(N)=NC2(OCC)OCC. The van der Waals surface area contributed by atoms with E-state index in [1.807, 2.05) is 32.0 Å². The Bertz CT molecular complexity index is 566. The van der Waals surface area contributed by atoms with Gasteiger partial charge in [0.2, 0.25) is 0 Å². The molecule has 25 heavy (non-hydrogen) atoms. The summed E-state index contributed by atoms with van der Waals surface area (Å²) in [6.07, 6.45) is 7.50. The van der Waals surface area contributed by atoms with Crippen molar-refractivity contribution in [2.75, 3.05) is 19.8 Å². The lowest BCUT2D eigenvalue weighted by atomic mass is 10.1. The monoisotopic (exact) mass is 348 g/mol. The van der Waals surface area contributed by atoms with Gasteiger partial charge in [0, 0.05) is 24.3 Å². The van der Waals surface area contributed by atoms with E-state index < -0.39 is 5.91 Å². The van der Waals surface area contributed by atoms with Crippen LogP contribution in [-0.4, -0.2) is 25.7 Å². The van der Waals surface area contributed by atoms with Crippen molar-refractivity contribution in [1.82, 2.24) is 0 Å². The van der Waals surface area contributed by atoms with Crippen molar-refractivity contribution in [2.45, 2.75) is 65.2 Å². The molecule has 0 fully saturated rings. The molecular weight excluding hydrogens is 316 g/mol. The van der Waals surface area contributed by atoms with Gasteiger partial charge >= 0.3 is 5.91 Å². The smallest absolute Gasteiger partial charge is 0.300 e. The van der Waals surface area contributed by atoms with Gasteiger partial charge in [0.15, 0.2) is 0 Å². The third kappa shape index (κ3) is 4.95. The maximum Gasteiger partial charge on any atom is 0.300 e. The lowest BCUT2D eigenvalue weighted by Crippen LogP contribution is -2.29. The first-order valence-electron chi connectivity index (χ1n) is 9.57. The number of benzene rings is 1. The van der Waals surface area contributed by atoms with E-state index in [0.29, 0.717) is 19.0 Å². The zero-order valence-corrected chi connectivity index (χ0v) is 15.8. The molecule has 0 aromatic heterocycles. The summed E-state index contributed by atoms with van der Waals surface area (Å²) in [6, 6.07) is 5.82. The highest BCUT2D eigenvalue weighted by Crippen LogP contribution is 2.38. The number of aliphatic imine (C=N–C) groups is 1. The Morgan fingerprint density at radius 2 is 1.64 bits per heavy atom. The standard InChI is InChI=1S/C20H32N2O3/c1-4-7-8-9-10-11-14-23-16-12-13-18-17(15-16)19(21)22-20(18,24-5-2)25-6-3/h12-13,15H,4-11,14H2,1-3H3,(H2,21,22). The Hall–Kier alpha value is -1.59. The van der Waals surface area contributed by atoms with Gasteiger partial charge in [0.25, 0.3) is 0 Å². The summed E-state index contributed by atoms with van der Waals surface area (Å²) in [6.45, 7) is 7.78. The van der Waals surface area contributed by atoms with E-state index in [-0.39, 0.29) is 0 Å². The van der Waals surface area contributed by atoms with Crippen LogP contribution in [0.1, 0.15) is 70.4 Å². The molecule has 0 radical (unpaired) electrons. The van der Waals surface area contributed by atoms with E-state index in [0.717, 1.165) is 29.9 Å². The summed E-state index contributed by atoms with van der Waals surface area (Å²) in [5.41, 5.74) is 7.79. The molecule has 1 aliphatic heterocycles. The van der Waals surface area contributed by atoms with Gasteiger partial charge in [-0.05, 0) is 38.5 Å². The van der Waals surface area contributed by atoms with E-state index in [9.17, 15) is 0 Å². The molecule has 1 aromatic rings. The molecule has 0 atom stereocenters. The summed E-state index contributed by atoms with van der Waals surface area (Å²) in [7, 11) is 0. The third-order valence-electron chi connectivity index (χ3n) is 4.32. The van der Waals surface area contributed by atoms with Gasteiger partial charge in [0.1, 0.15) is 11.6 Å². The Balaban J connectivity index is 1.96. The van der Waals surface area contributed by atoms with Crippen LogP contribution >= 0.6 is 0 Å². The molecular formula is C20H32N2O3. The third-order valence-corrected chi connectivity index (χ3v) is 4.32. The summed E-state index contributed by atoms with van der Waals surface area (Å²) in [4.78, 5) is 4.44. The van der Waals surface area contributed by atoms with E-state index in [1.165, 1.54) is 32.1 Å². The average molecular weight is 348 g/mol. The molecule has 1 heterocycles. The Morgan fingerprint density at radius 1 is 0.960 bits per heavy atom. The Kier molecular flexibility index (Phi) is 7.72. The number of ether oxygens (including phenoxy) is 3. The van der Waals surface area contributed by atoms with E-state index >= 15 is 0 Å². The topological polar surface area (TPSA) is 66.1 Å². The number of hydrogen-bond acceptors (Lipinski definition) is 5. The minimum atomic E-state index is -1.11. The van der Waals surface area contributed by atoms with E-state index in [2.05, 4.69) is 11.9 Å². The molecule has 5 heteroatoms. The molecule has 0 unspecified atom stereocenters. The average Bonchev–Trinajstić information content (AvgIpc) is 2.87. The van der Waals surface area contributed by atoms with Crippen LogP contribution in [0, 0.1) is 0 Å². The molecule has 2 N–H and O–H groups in total. The first-order valence-corrected chi connectivity index (χ1v) is 9.57. The number of nitrogens with two attached hydrogens (primary N) is 1. The Labute approximate surface area is 151 Å². The van der Waals surface area contributed by atoms with Gasteiger partial charge in [-0.1, -0.05) is 39.0 Å². The van der Waals surface area contributed by atoms with Crippen LogP contribution in [0.5, 0.6) is 5.75 Å². The number of hydrogen-bond donors (Lipinski definition) is 1. The van der Waals surface area contributed by atoms with Crippen LogP contribution in [0.4, 0.5) is 0 Å². The molecule has 2 rings (SSSR count). The lowest BCUT2D eigenvalue weighted by Gasteiger charge is -2.26. The molecule has 0 aliphatic carbocycles. The maximum absolute atomic E-state index is 6.11. The number of rotatable bonds is 12. The van der Waals surface area contributed by atoms with Gasteiger partial charge in [-0.25, -0.2) is 4.99 Å². The van der Waals surface area contributed by atoms with Crippen molar-refractivity contribution in [3.8, 4) is 5.75 Å². The van der Waals surface area contributed by atoms with Gasteiger partial charge in [0.05, 0.1) is 6.61 Å². The number of amidine groups is 1. The molecule has 1 aliphatic rings. The van der Waals surface area contributed by atoms with Gasteiger partial charge in [-0.3, -0.25) is 0 Å². The fourth-order valence-electron chi connectivity index (χ4n) is 3.11. The number of unbranched alkanes of at least 4 members (excludes halogenated alkanes) is 5. The molecule has 140 valence electrons. The van der Waals surface area contributed by atoms with Crippen LogP contribution in [0.3, 0.4) is 0 Å². The predicted octanol–water partition coefficient (Wildman–Crippen LogP) is 4.33. The summed E-state index contributed by atoms with van der Waals surface area (Å²) in [5.74, 6) is 0.136.